The molecule has 10 heteroatoms. The van der Waals surface area contributed by atoms with E-state index < -0.39 is 27.7 Å². The number of alkyl halides is 3. The van der Waals surface area contributed by atoms with Gasteiger partial charge >= 0.3 is 6.18 Å². The van der Waals surface area contributed by atoms with Crippen LogP contribution < -0.4 is 14.9 Å². The zero-order valence-electron chi connectivity index (χ0n) is 17.7. The lowest BCUT2D eigenvalue weighted by Gasteiger charge is -2.22. The Morgan fingerprint density at radius 3 is 2.30 bits per heavy atom. The largest absolute Gasteiger partial charge is 0.416 e. The fraction of sp³-hybridized carbons (Fsp3) is 0.348. The Labute approximate surface area is 190 Å². The minimum Gasteiger partial charge on any atom is -0.370 e. The van der Waals surface area contributed by atoms with Crippen molar-refractivity contribution < 1.29 is 26.4 Å². The fourth-order valence-corrected chi connectivity index (χ4v) is 4.94. The van der Waals surface area contributed by atoms with Crippen molar-refractivity contribution in [3.05, 3.63) is 59.7 Å². The molecule has 2 aliphatic rings. The average molecular weight is 480 g/mol. The van der Waals surface area contributed by atoms with Crippen molar-refractivity contribution >= 4 is 33.4 Å². The number of sulfonamides is 1. The molecule has 0 aromatic heterocycles. The monoisotopic (exact) mass is 479 g/mol. The smallest absolute Gasteiger partial charge is 0.370 e. The average Bonchev–Trinajstić information content (AvgIpc) is 3.39. The van der Waals surface area contributed by atoms with Gasteiger partial charge in [0.2, 0.25) is 15.9 Å². The number of hydrogen-bond donors (Lipinski definition) is 2. The van der Waals surface area contributed by atoms with Gasteiger partial charge in [-0.25, -0.2) is 13.1 Å². The number of carbonyl (C=O) groups is 1. The lowest BCUT2D eigenvalue weighted by Crippen LogP contribution is -2.25. The molecule has 2 N–H and O–H groups in total. The fourth-order valence-electron chi connectivity index (χ4n) is 3.64. The third kappa shape index (κ3) is 5.94. The number of benzene rings is 2. The highest BCUT2D eigenvalue weighted by Crippen LogP contribution is 2.36. The van der Waals surface area contributed by atoms with Crippen molar-refractivity contribution in [1.29, 1.82) is 0 Å². The van der Waals surface area contributed by atoms with E-state index in [2.05, 4.69) is 10.0 Å². The van der Waals surface area contributed by atoms with Gasteiger partial charge in [-0.1, -0.05) is 12.1 Å². The molecule has 2 aromatic rings. The molecule has 0 radical (unpaired) electrons. The molecule has 0 unspecified atom stereocenters. The van der Waals surface area contributed by atoms with Crippen LogP contribution in [0.2, 0.25) is 0 Å². The Hall–Kier alpha value is -2.85. The zero-order chi connectivity index (χ0) is 23.6. The Bertz CT molecular complexity index is 1150. The van der Waals surface area contributed by atoms with Crippen LogP contribution >= 0.6 is 0 Å². The number of anilines is 2. The molecule has 176 valence electrons. The normalized spacial score (nSPS) is 17.0. The van der Waals surface area contributed by atoms with Crippen molar-refractivity contribution in [1.82, 2.24) is 4.72 Å². The van der Waals surface area contributed by atoms with Crippen molar-refractivity contribution in [3.8, 4) is 0 Å². The van der Waals surface area contributed by atoms with Gasteiger partial charge in [-0.2, -0.15) is 13.2 Å². The van der Waals surface area contributed by atoms with Gasteiger partial charge in [0.25, 0.3) is 0 Å². The summed E-state index contributed by atoms with van der Waals surface area (Å²) in [5, 5.41) is 2.56. The first kappa shape index (κ1) is 23.3. The number of halogens is 3. The molecule has 1 aliphatic carbocycles. The highest BCUT2D eigenvalue weighted by Gasteiger charge is 2.32. The quantitative estimate of drug-likeness (QED) is 0.577. The van der Waals surface area contributed by atoms with Crippen molar-refractivity contribution in [2.24, 2.45) is 0 Å². The molecule has 1 saturated heterocycles. The van der Waals surface area contributed by atoms with Gasteiger partial charge in [-0.15, -0.1) is 0 Å². The maximum Gasteiger partial charge on any atom is 0.416 e. The number of rotatable bonds is 7. The van der Waals surface area contributed by atoms with E-state index in [4.69, 9.17) is 0 Å². The van der Waals surface area contributed by atoms with Crippen molar-refractivity contribution in [2.45, 2.75) is 42.8 Å². The Morgan fingerprint density at radius 1 is 1.03 bits per heavy atom. The predicted octanol–water partition coefficient (Wildman–Crippen LogP) is 4.40. The Morgan fingerprint density at radius 2 is 1.70 bits per heavy atom. The Kier molecular flexibility index (Phi) is 6.49. The first-order chi connectivity index (χ1) is 15.6. The van der Waals surface area contributed by atoms with Crippen LogP contribution in [-0.4, -0.2) is 33.5 Å². The lowest BCUT2D eigenvalue weighted by atomic mass is 10.1. The number of nitrogens with one attached hydrogen (secondary N) is 2. The highest BCUT2D eigenvalue weighted by atomic mass is 32.2. The van der Waals surface area contributed by atoms with Gasteiger partial charge in [0.1, 0.15) is 0 Å². The van der Waals surface area contributed by atoms with E-state index in [1.54, 1.807) is 12.1 Å². The van der Waals surface area contributed by atoms with Gasteiger partial charge in [-0.3, -0.25) is 4.79 Å². The maximum absolute atomic E-state index is 13.2. The van der Waals surface area contributed by atoms with E-state index in [-0.39, 0.29) is 16.6 Å². The van der Waals surface area contributed by atoms with E-state index in [0.29, 0.717) is 11.3 Å². The summed E-state index contributed by atoms with van der Waals surface area (Å²) in [6, 6.07) is 9.37. The summed E-state index contributed by atoms with van der Waals surface area (Å²) < 4.78 is 66.6. The van der Waals surface area contributed by atoms with E-state index in [9.17, 15) is 26.4 Å². The van der Waals surface area contributed by atoms with Crippen LogP contribution in [0.15, 0.2) is 53.4 Å². The van der Waals surface area contributed by atoms with Gasteiger partial charge in [-0.05, 0) is 67.7 Å². The van der Waals surface area contributed by atoms with E-state index in [1.807, 2.05) is 4.90 Å². The second-order valence-electron chi connectivity index (χ2n) is 8.21. The van der Waals surface area contributed by atoms with Crippen LogP contribution in [0.1, 0.15) is 36.8 Å². The Balaban J connectivity index is 1.47. The van der Waals surface area contributed by atoms with Gasteiger partial charge in [0.15, 0.2) is 0 Å². The van der Waals surface area contributed by atoms with Gasteiger partial charge in [0, 0.05) is 25.2 Å². The molecule has 2 aromatic carbocycles. The second kappa shape index (κ2) is 9.18. The third-order valence-electron chi connectivity index (χ3n) is 5.55. The standard InChI is InChI=1S/C23H24F3N3O3S/c24-23(25,26)17-6-11-21(29-13-1-2-14-29)20(15-17)27-22(30)12-5-16-3-9-19(10-4-16)33(31,32)28-18-7-8-18/h3-6,9-12,15,18,28H,1-2,7-8,13-14H2,(H,27,30)/b12-5+. The molecule has 0 bridgehead atoms. The van der Waals surface area contributed by atoms with Crippen LogP contribution in [0.25, 0.3) is 6.08 Å². The molecule has 1 amide bonds. The molecular weight excluding hydrogens is 455 g/mol. The van der Waals surface area contributed by atoms with Crippen LogP contribution in [0.3, 0.4) is 0 Å². The van der Waals surface area contributed by atoms with E-state index >= 15 is 0 Å². The molecule has 6 nitrogen and oxygen atoms in total. The van der Waals surface area contributed by atoms with Crippen molar-refractivity contribution in [3.63, 3.8) is 0 Å². The van der Waals surface area contributed by atoms with E-state index in [0.717, 1.165) is 50.9 Å². The number of hydrogen-bond acceptors (Lipinski definition) is 4. The van der Waals surface area contributed by atoms with Crippen LogP contribution in [0.5, 0.6) is 0 Å². The SMILES string of the molecule is O=C(/C=C/c1ccc(S(=O)(=O)NC2CC2)cc1)Nc1cc(C(F)(F)F)ccc1N1CCCC1. The van der Waals surface area contributed by atoms with E-state index in [1.165, 1.54) is 30.4 Å². The first-order valence-electron chi connectivity index (χ1n) is 10.7. The molecule has 0 atom stereocenters. The third-order valence-corrected chi connectivity index (χ3v) is 7.08. The molecule has 4 rings (SSSR count). The number of nitrogens with zero attached hydrogens (tertiary/aromatic N) is 1. The zero-order valence-corrected chi connectivity index (χ0v) is 18.5. The first-order valence-corrected chi connectivity index (χ1v) is 12.2. The summed E-state index contributed by atoms with van der Waals surface area (Å²) in [7, 11) is -3.56. The van der Waals surface area contributed by atoms with Crippen LogP contribution in [0, 0.1) is 0 Å². The molecule has 1 heterocycles. The number of amides is 1. The van der Waals surface area contributed by atoms with Crippen molar-refractivity contribution in [2.75, 3.05) is 23.3 Å². The summed E-state index contributed by atoms with van der Waals surface area (Å²) in [6.45, 7) is 1.43. The minimum absolute atomic E-state index is 0.000401. The molecule has 33 heavy (non-hydrogen) atoms. The molecule has 1 aliphatic heterocycles. The summed E-state index contributed by atoms with van der Waals surface area (Å²) in [5.74, 6) is -0.582. The molecule has 2 fully saturated rings. The van der Waals surface area contributed by atoms with Crippen LogP contribution in [-0.2, 0) is 21.0 Å². The topological polar surface area (TPSA) is 78.5 Å². The maximum atomic E-state index is 13.2. The second-order valence-corrected chi connectivity index (χ2v) is 9.93. The summed E-state index contributed by atoms with van der Waals surface area (Å²) in [4.78, 5) is 14.6. The molecular formula is C23H24F3N3O3S. The van der Waals surface area contributed by atoms with Gasteiger partial charge < -0.3 is 10.2 Å². The molecule has 1 saturated carbocycles. The minimum atomic E-state index is -4.52. The number of carbonyl (C=O) groups excluding carboxylic acids is 1. The summed E-state index contributed by atoms with van der Waals surface area (Å²) >= 11 is 0. The summed E-state index contributed by atoms with van der Waals surface area (Å²) in [6.07, 6.45) is 1.71. The predicted molar refractivity (Wildman–Crippen MR) is 120 cm³/mol. The highest BCUT2D eigenvalue weighted by molar-refractivity contribution is 7.89. The van der Waals surface area contributed by atoms with Gasteiger partial charge in [0.05, 0.1) is 21.8 Å². The molecule has 0 spiro atoms. The summed E-state index contributed by atoms with van der Waals surface area (Å²) in [5.41, 5.74) is 0.412. The van der Waals surface area contributed by atoms with Crippen LogP contribution in [0.4, 0.5) is 24.5 Å². The lowest BCUT2D eigenvalue weighted by molar-refractivity contribution is -0.137.